The van der Waals surface area contributed by atoms with E-state index in [9.17, 15) is 4.79 Å². The molecule has 80 valence electrons. The first-order valence-electron chi connectivity index (χ1n) is 5.31. The number of aryl methyl sites for hydroxylation is 2. The fourth-order valence-corrected chi connectivity index (χ4v) is 1.53. The van der Waals surface area contributed by atoms with Crippen LogP contribution in [0.25, 0.3) is 0 Å². The molecule has 15 heavy (non-hydrogen) atoms. The minimum Gasteiger partial charge on any atom is -0.295 e. The molecule has 0 bridgehead atoms. The normalized spacial score (nSPS) is 9.80. The molecule has 0 amide bonds. The number of hydrogen-bond donors (Lipinski definition) is 0. The van der Waals surface area contributed by atoms with Gasteiger partial charge in [0.25, 0.3) is 0 Å². The van der Waals surface area contributed by atoms with Crippen molar-refractivity contribution in [3.63, 3.8) is 0 Å². The number of ketones is 1. The predicted octanol–water partition coefficient (Wildman–Crippen LogP) is 3.46. The molecule has 0 saturated carbocycles. The van der Waals surface area contributed by atoms with Crippen LogP contribution in [0.5, 0.6) is 0 Å². The van der Waals surface area contributed by atoms with Crippen LogP contribution in [-0.2, 0) is 11.2 Å². The molecular weight excluding hydrogens is 184 g/mol. The second kappa shape index (κ2) is 5.50. The molecule has 0 heterocycles. The molecule has 0 aromatic heterocycles. The van der Waals surface area contributed by atoms with Crippen molar-refractivity contribution >= 4 is 5.78 Å². The summed E-state index contributed by atoms with van der Waals surface area (Å²) in [5.41, 5.74) is 3.57. The Morgan fingerprint density at radius 3 is 2.67 bits per heavy atom. The molecular formula is C14H18O. The summed E-state index contributed by atoms with van der Waals surface area (Å²) in [6, 6.07) is 8.32. The Bertz CT molecular complexity index is 371. The van der Waals surface area contributed by atoms with Crippen LogP contribution in [0.2, 0.25) is 0 Å². The van der Waals surface area contributed by atoms with E-state index in [2.05, 4.69) is 25.1 Å². The first kappa shape index (κ1) is 11.7. The molecule has 1 aromatic rings. The second-order valence-electron chi connectivity index (χ2n) is 4.18. The lowest BCUT2D eigenvalue weighted by molar-refractivity contribution is -0.114. The number of hydrogen-bond acceptors (Lipinski definition) is 1. The lowest BCUT2D eigenvalue weighted by atomic mass is 10.0. The van der Waals surface area contributed by atoms with Gasteiger partial charge in [0.15, 0.2) is 5.78 Å². The Labute approximate surface area is 91.8 Å². The Morgan fingerprint density at radius 2 is 2.07 bits per heavy atom. The average molecular weight is 202 g/mol. The zero-order chi connectivity index (χ0) is 11.3. The van der Waals surface area contributed by atoms with E-state index in [4.69, 9.17) is 0 Å². The Balaban J connectivity index is 2.51. The predicted molar refractivity (Wildman–Crippen MR) is 63.9 cm³/mol. The summed E-state index contributed by atoms with van der Waals surface area (Å²) in [4.78, 5) is 11.4. The smallest absolute Gasteiger partial charge is 0.155 e. The van der Waals surface area contributed by atoms with Crippen molar-refractivity contribution in [2.24, 2.45) is 0 Å². The van der Waals surface area contributed by atoms with E-state index in [-0.39, 0.29) is 5.78 Å². The summed E-state index contributed by atoms with van der Waals surface area (Å²) in [5, 5.41) is 0. The molecule has 0 atom stereocenters. The Hall–Kier alpha value is -1.37. The molecule has 0 aliphatic heterocycles. The minimum absolute atomic E-state index is 0.219. The van der Waals surface area contributed by atoms with Crippen molar-refractivity contribution in [2.75, 3.05) is 0 Å². The van der Waals surface area contributed by atoms with Crippen LogP contribution in [0.3, 0.4) is 0 Å². The first-order valence-corrected chi connectivity index (χ1v) is 5.31. The summed E-state index contributed by atoms with van der Waals surface area (Å²) < 4.78 is 0. The van der Waals surface area contributed by atoms with Crippen molar-refractivity contribution in [1.82, 2.24) is 0 Å². The van der Waals surface area contributed by atoms with Crippen LogP contribution < -0.4 is 0 Å². The molecule has 1 nitrogen and oxygen atoms in total. The van der Waals surface area contributed by atoms with E-state index in [0.29, 0.717) is 6.42 Å². The van der Waals surface area contributed by atoms with Gasteiger partial charge in [-0.2, -0.15) is 0 Å². The summed E-state index contributed by atoms with van der Waals surface area (Å²) in [6.07, 6.45) is 3.16. The SMILES string of the molecule is CC(C)=CC(=O)CCc1cccc(C)c1. The number of carbonyl (C=O) groups excluding carboxylic acids is 1. The summed E-state index contributed by atoms with van der Waals surface area (Å²) in [5.74, 6) is 0.219. The van der Waals surface area contributed by atoms with Crippen LogP contribution >= 0.6 is 0 Å². The van der Waals surface area contributed by atoms with E-state index in [1.54, 1.807) is 6.08 Å². The van der Waals surface area contributed by atoms with Crippen LogP contribution in [-0.4, -0.2) is 5.78 Å². The topological polar surface area (TPSA) is 17.1 Å². The highest BCUT2D eigenvalue weighted by atomic mass is 16.1. The maximum absolute atomic E-state index is 11.4. The van der Waals surface area contributed by atoms with Gasteiger partial charge in [-0.15, -0.1) is 0 Å². The van der Waals surface area contributed by atoms with Crippen molar-refractivity contribution in [1.29, 1.82) is 0 Å². The van der Waals surface area contributed by atoms with Gasteiger partial charge in [0, 0.05) is 6.42 Å². The average Bonchev–Trinajstić information content (AvgIpc) is 2.14. The molecule has 0 saturated heterocycles. The van der Waals surface area contributed by atoms with Crippen molar-refractivity contribution in [2.45, 2.75) is 33.6 Å². The zero-order valence-corrected chi connectivity index (χ0v) is 9.71. The molecule has 0 aliphatic rings. The number of rotatable bonds is 4. The highest BCUT2D eigenvalue weighted by Gasteiger charge is 1.99. The molecule has 0 N–H and O–H groups in total. The van der Waals surface area contributed by atoms with E-state index in [0.717, 1.165) is 12.0 Å². The third-order valence-electron chi connectivity index (χ3n) is 2.19. The van der Waals surface area contributed by atoms with Crippen LogP contribution in [0.1, 0.15) is 31.4 Å². The van der Waals surface area contributed by atoms with E-state index >= 15 is 0 Å². The van der Waals surface area contributed by atoms with Gasteiger partial charge in [-0.25, -0.2) is 0 Å². The van der Waals surface area contributed by atoms with Crippen LogP contribution in [0, 0.1) is 6.92 Å². The second-order valence-corrected chi connectivity index (χ2v) is 4.18. The first-order chi connectivity index (χ1) is 7.08. The largest absolute Gasteiger partial charge is 0.295 e. The Morgan fingerprint density at radius 1 is 1.33 bits per heavy atom. The lowest BCUT2D eigenvalue weighted by Crippen LogP contribution is -1.97. The van der Waals surface area contributed by atoms with Gasteiger partial charge in [0.1, 0.15) is 0 Å². The third-order valence-corrected chi connectivity index (χ3v) is 2.19. The standard InChI is InChI=1S/C14H18O/c1-11(2)9-14(15)8-7-13-6-4-5-12(3)10-13/h4-6,9-10H,7-8H2,1-3H3. The molecule has 0 aliphatic carbocycles. The maximum Gasteiger partial charge on any atom is 0.155 e. The van der Waals surface area contributed by atoms with Gasteiger partial charge in [0.05, 0.1) is 0 Å². The quantitative estimate of drug-likeness (QED) is 0.683. The summed E-state index contributed by atoms with van der Waals surface area (Å²) >= 11 is 0. The van der Waals surface area contributed by atoms with E-state index in [1.807, 2.05) is 19.9 Å². The number of allylic oxidation sites excluding steroid dienone is 2. The minimum atomic E-state index is 0.219. The Kier molecular flexibility index (Phi) is 4.29. The van der Waals surface area contributed by atoms with E-state index < -0.39 is 0 Å². The van der Waals surface area contributed by atoms with E-state index in [1.165, 1.54) is 11.1 Å². The zero-order valence-electron chi connectivity index (χ0n) is 9.71. The van der Waals surface area contributed by atoms with Gasteiger partial charge in [-0.1, -0.05) is 35.4 Å². The monoisotopic (exact) mass is 202 g/mol. The van der Waals surface area contributed by atoms with Gasteiger partial charge in [0.2, 0.25) is 0 Å². The molecule has 0 radical (unpaired) electrons. The number of carbonyl (C=O) groups is 1. The maximum atomic E-state index is 11.4. The molecule has 0 unspecified atom stereocenters. The number of benzene rings is 1. The molecule has 0 fully saturated rings. The van der Waals surface area contributed by atoms with Crippen molar-refractivity contribution < 1.29 is 4.79 Å². The van der Waals surface area contributed by atoms with Crippen LogP contribution in [0.15, 0.2) is 35.9 Å². The van der Waals surface area contributed by atoms with Gasteiger partial charge in [-0.05, 0) is 38.8 Å². The lowest BCUT2D eigenvalue weighted by Gasteiger charge is -2.00. The van der Waals surface area contributed by atoms with Gasteiger partial charge < -0.3 is 0 Å². The third kappa shape index (κ3) is 4.59. The highest BCUT2D eigenvalue weighted by Crippen LogP contribution is 2.07. The molecule has 1 heteroatoms. The summed E-state index contributed by atoms with van der Waals surface area (Å²) in [6.45, 7) is 5.97. The fraction of sp³-hybridized carbons (Fsp3) is 0.357. The summed E-state index contributed by atoms with van der Waals surface area (Å²) in [7, 11) is 0. The van der Waals surface area contributed by atoms with Crippen molar-refractivity contribution in [3.8, 4) is 0 Å². The van der Waals surface area contributed by atoms with Crippen molar-refractivity contribution in [3.05, 3.63) is 47.0 Å². The van der Waals surface area contributed by atoms with Gasteiger partial charge >= 0.3 is 0 Å². The van der Waals surface area contributed by atoms with Gasteiger partial charge in [-0.3, -0.25) is 4.79 Å². The fourth-order valence-electron chi connectivity index (χ4n) is 1.53. The molecule has 0 spiro atoms. The highest BCUT2D eigenvalue weighted by molar-refractivity contribution is 5.90. The molecule has 1 aromatic carbocycles. The molecule has 1 rings (SSSR count). The van der Waals surface area contributed by atoms with Crippen LogP contribution in [0.4, 0.5) is 0 Å².